The van der Waals surface area contributed by atoms with E-state index in [-0.39, 0.29) is 23.6 Å². The number of nitrogens with zero attached hydrogens (tertiary/aromatic N) is 3. The summed E-state index contributed by atoms with van der Waals surface area (Å²) in [4.78, 5) is 17.2. The largest absolute Gasteiger partial charge is 0.347 e. The predicted molar refractivity (Wildman–Crippen MR) is 169 cm³/mol. The molecular formula is C34H33ClFN5O. The molecule has 214 valence electrons. The highest BCUT2D eigenvalue weighted by Gasteiger charge is 2.37. The highest BCUT2D eigenvalue weighted by molar-refractivity contribution is 5.98. The molecule has 1 saturated carbocycles. The third-order valence-corrected chi connectivity index (χ3v) is 8.09. The summed E-state index contributed by atoms with van der Waals surface area (Å²) in [6.45, 7) is 0.618. The van der Waals surface area contributed by atoms with Gasteiger partial charge in [-0.05, 0) is 55.4 Å². The number of aromatic amines is 1. The molecule has 5 aromatic rings. The van der Waals surface area contributed by atoms with Crippen molar-refractivity contribution in [3.8, 4) is 34.7 Å². The Kier molecular flexibility index (Phi) is 8.86. The molecule has 0 amide bonds. The van der Waals surface area contributed by atoms with Crippen LogP contribution in [-0.2, 0) is 5.54 Å². The van der Waals surface area contributed by atoms with Gasteiger partial charge in [0.2, 0.25) is 0 Å². The third-order valence-electron chi connectivity index (χ3n) is 8.09. The Balaban J connectivity index is 0.00000353. The number of fused-ring (bicyclic) bond motifs is 3. The van der Waals surface area contributed by atoms with Crippen LogP contribution in [0.2, 0.25) is 0 Å². The van der Waals surface area contributed by atoms with Crippen LogP contribution in [0.4, 0.5) is 4.39 Å². The smallest absolute Gasteiger partial charge is 0.304 e. The van der Waals surface area contributed by atoms with Gasteiger partial charge in [-0.2, -0.15) is 5.10 Å². The topological polar surface area (TPSA) is 75.1 Å². The Morgan fingerprint density at radius 3 is 2.62 bits per heavy atom. The second-order valence-corrected chi connectivity index (χ2v) is 10.7. The quantitative estimate of drug-likeness (QED) is 0.106. The first kappa shape index (κ1) is 29.2. The molecule has 0 aliphatic heterocycles. The van der Waals surface area contributed by atoms with Gasteiger partial charge in [-0.3, -0.25) is 0 Å². The zero-order valence-corrected chi connectivity index (χ0v) is 24.0. The van der Waals surface area contributed by atoms with Crippen LogP contribution >= 0.6 is 12.4 Å². The summed E-state index contributed by atoms with van der Waals surface area (Å²) < 4.78 is 15.6. The van der Waals surface area contributed by atoms with Gasteiger partial charge >= 0.3 is 5.69 Å². The summed E-state index contributed by atoms with van der Waals surface area (Å²) in [5.74, 6) is 2.56. The lowest BCUT2D eigenvalue weighted by molar-refractivity contribution is 0.193. The number of nitrogens with one attached hydrogen (secondary N) is 2. The number of pyridine rings is 2. The van der Waals surface area contributed by atoms with Crippen molar-refractivity contribution in [1.29, 1.82) is 0 Å². The highest BCUT2D eigenvalue weighted by Crippen LogP contribution is 2.42. The lowest BCUT2D eigenvalue weighted by Gasteiger charge is -2.43. The van der Waals surface area contributed by atoms with Crippen LogP contribution in [0.25, 0.3) is 38.9 Å². The SMILES string of the molecule is C#CCCCC(F)/C=C/CNC1(c2ccc(-c3nc4ccn5c(=O)[nH]nc5c4cc3-c3ccccc3)cc2)CCC1.Cl. The number of allylic oxidation sites excluding steroid dienone is 1. The Morgan fingerprint density at radius 1 is 1.12 bits per heavy atom. The molecule has 1 aliphatic carbocycles. The van der Waals surface area contributed by atoms with Gasteiger partial charge < -0.3 is 5.32 Å². The van der Waals surface area contributed by atoms with Crippen LogP contribution in [0.3, 0.4) is 0 Å². The number of H-pyrrole nitrogens is 1. The molecule has 1 fully saturated rings. The van der Waals surface area contributed by atoms with Crippen molar-refractivity contribution < 1.29 is 4.39 Å². The number of terminal acetylenes is 1. The molecule has 1 aliphatic rings. The number of halogens is 2. The second-order valence-electron chi connectivity index (χ2n) is 10.7. The van der Waals surface area contributed by atoms with Crippen LogP contribution in [0.15, 0.2) is 89.9 Å². The van der Waals surface area contributed by atoms with E-state index in [2.05, 4.69) is 63.9 Å². The summed E-state index contributed by atoms with van der Waals surface area (Å²) >= 11 is 0. The van der Waals surface area contributed by atoms with E-state index in [1.165, 1.54) is 9.96 Å². The van der Waals surface area contributed by atoms with E-state index in [9.17, 15) is 9.18 Å². The fourth-order valence-corrected chi connectivity index (χ4v) is 5.68. The number of rotatable bonds is 10. The zero-order valence-electron chi connectivity index (χ0n) is 23.2. The van der Waals surface area contributed by atoms with Crippen LogP contribution in [0, 0.1) is 12.3 Å². The van der Waals surface area contributed by atoms with Crippen molar-refractivity contribution in [3.63, 3.8) is 0 Å². The number of unbranched alkanes of at least 4 members (excludes halogenated alkanes) is 1. The minimum absolute atomic E-state index is 0. The van der Waals surface area contributed by atoms with Crippen LogP contribution in [-0.4, -0.2) is 32.3 Å². The minimum Gasteiger partial charge on any atom is -0.304 e. The molecule has 0 radical (unpaired) electrons. The number of hydrogen-bond donors (Lipinski definition) is 2. The molecule has 0 bridgehead atoms. The molecule has 8 heteroatoms. The predicted octanol–water partition coefficient (Wildman–Crippen LogP) is 6.99. The number of benzene rings is 2. The van der Waals surface area contributed by atoms with Gasteiger partial charge in [0.25, 0.3) is 0 Å². The van der Waals surface area contributed by atoms with Crippen molar-refractivity contribution in [2.24, 2.45) is 0 Å². The first-order valence-electron chi connectivity index (χ1n) is 14.1. The van der Waals surface area contributed by atoms with Gasteiger partial charge in [-0.15, -0.1) is 24.8 Å². The summed E-state index contributed by atoms with van der Waals surface area (Å²) in [7, 11) is 0. The van der Waals surface area contributed by atoms with Crippen molar-refractivity contribution in [1.82, 2.24) is 24.9 Å². The Bertz CT molecular complexity index is 1800. The van der Waals surface area contributed by atoms with Crippen molar-refractivity contribution in [2.75, 3.05) is 6.54 Å². The summed E-state index contributed by atoms with van der Waals surface area (Å²) in [5, 5.41) is 11.3. The Morgan fingerprint density at radius 2 is 1.90 bits per heavy atom. The average molecular weight is 582 g/mol. The lowest BCUT2D eigenvalue weighted by Crippen LogP contribution is -2.48. The van der Waals surface area contributed by atoms with E-state index in [0.29, 0.717) is 31.5 Å². The fourth-order valence-electron chi connectivity index (χ4n) is 5.68. The molecular weight excluding hydrogens is 549 g/mol. The van der Waals surface area contributed by atoms with E-state index in [1.807, 2.05) is 30.3 Å². The first-order chi connectivity index (χ1) is 20.1. The van der Waals surface area contributed by atoms with Crippen molar-refractivity contribution >= 4 is 29.0 Å². The lowest BCUT2D eigenvalue weighted by atomic mass is 9.71. The molecule has 2 N–H and O–H groups in total. The van der Waals surface area contributed by atoms with E-state index >= 15 is 0 Å². The van der Waals surface area contributed by atoms with E-state index in [4.69, 9.17) is 11.4 Å². The van der Waals surface area contributed by atoms with Crippen LogP contribution in [0.1, 0.15) is 44.1 Å². The molecule has 1 atom stereocenters. The maximum Gasteiger partial charge on any atom is 0.347 e. The monoisotopic (exact) mass is 581 g/mol. The second kappa shape index (κ2) is 12.7. The zero-order chi connectivity index (χ0) is 28.2. The molecule has 3 aromatic heterocycles. The molecule has 0 spiro atoms. The standard InChI is InChI=1S/C34H32FN5O.ClH/c1-2-3-5-12-27(35)13-8-21-36-34(19-9-20-34)26-16-14-25(15-17-26)31-28(24-10-6-4-7-11-24)23-29-30(37-31)18-22-40-32(29)38-39-33(40)41;/h1,4,6-8,10-11,13-18,22-23,27,36H,3,5,9,12,19-21H2,(H,39,41);1H/b13-8+;. The summed E-state index contributed by atoms with van der Waals surface area (Å²) in [6.07, 6.45) is 14.6. The van der Waals surface area contributed by atoms with Gasteiger partial charge in [0.15, 0.2) is 5.65 Å². The van der Waals surface area contributed by atoms with Gasteiger partial charge in [0.05, 0.1) is 11.2 Å². The maximum atomic E-state index is 14.1. The van der Waals surface area contributed by atoms with E-state index in [0.717, 1.165) is 52.5 Å². The average Bonchev–Trinajstić information content (AvgIpc) is 3.37. The number of alkyl halides is 1. The molecule has 6 rings (SSSR count). The number of hydrogen-bond acceptors (Lipinski definition) is 4. The van der Waals surface area contributed by atoms with E-state index < -0.39 is 6.17 Å². The molecule has 6 nitrogen and oxygen atoms in total. The Hall–Kier alpha value is -4.25. The third kappa shape index (κ3) is 5.74. The van der Waals surface area contributed by atoms with Gasteiger partial charge in [-0.25, -0.2) is 23.7 Å². The Labute approximate surface area is 250 Å². The van der Waals surface area contributed by atoms with Crippen molar-refractivity contribution in [3.05, 3.63) is 101 Å². The highest BCUT2D eigenvalue weighted by atomic mass is 35.5. The molecule has 0 saturated heterocycles. The maximum absolute atomic E-state index is 14.1. The first-order valence-corrected chi connectivity index (χ1v) is 14.1. The minimum atomic E-state index is -0.958. The van der Waals surface area contributed by atoms with Crippen LogP contribution < -0.4 is 11.0 Å². The number of aromatic nitrogens is 4. The summed E-state index contributed by atoms with van der Waals surface area (Å²) in [6, 6.07) is 22.7. The molecule has 42 heavy (non-hydrogen) atoms. The van der Waals surface area contributed by atoms with Gasteiger partial charge in [-0.1, -0.05) is 66.7 Å². The normalized spacial score (nSPS) is 14.9. The van der Waals surface area contributed by atoms with Crippen molar-refractivity contribution in [2.45, 2.75) is 50.2 Å². The van der Waals surface area contributed by atoms with E-state index in [1.54, 1.807) is 12.3 Å². The fraction of sp³-hybridized carbons (Fsp3) is 0.265. The molecule has 3 heterocycles. The summed E-state index contributed by atoms with van der Waals surface area (Å²) in [5.41, 5.74) is 6.06. The molecule has 2 aromatic carbocycles. The van der Waals surface area contributed by atoms with Gasteiger partial charge in [0, 0.05) is 41.2 Å². The van der Waals surface area contributed by atoms with Crippen LogP contribution in [0.5, 0.6) is 0 Å². The van der Waals surface area contributed by atoms with Gasteiger partial charge in [0.1, 0.15) is 6.17 Å². The molecule has 1 unspecified atom stereocenters.